The number of hydrogen-bond donors (Lipinski definition) is 0. The third-order valence-corrected chi connectivity index (χ3v) is 9.80. The van der Waals surface area contributed by atoms with Crippen LogP contribution in [-0.4, -0.2) is 178 Å². The first-order valence-electron chi connectivity index (χ1n) is 19.7. The van der Waals surface area contributed by atoms with E-state index < -0.39 is 0 Å². The minimum absolute atomic E-state index is 0.193. The summed E-state index contributed by atoms with van der Waals surface area (Å²) in [4.78, 5) is 8.66. The Kier molecular flexibility index (Phi) is 20.6. The average molecular weight is 765 g/mol. The molecule has 0 saturated carbocycles. The van der Waals surface area contributed by atoms with Crippen LogP contribution in [-0.2, 0) is 64.1 Å². The zero-order valence-electron chi connectivity index (χ0n) is 32.1. The van der Waals surface area contributed by atoms with Crippen molar-refractivity contribution in [2.24, 2.45) is 0 Å². The van der Waals surface area contributed by atoms with Gasteiger partial charge in [0.15, 0.2) is 0 Å². The number of ether oxygens (including phenoxy) is 8. The lowest BCUT2D eigenvalue weighted by Crippen LogP contribution is -2.34. The Balaban J connectivity index is 1.36. The molecule has 0 unspecified atom stereocenters. The zero-order valence-corrected chi connectivity index (χ0v) is 32.1. The molecule has 0 aromatic heterocycles. The highest BCUT2D eigenvalue weighted by atomic mass is 19.1. The number of nitrogens with zero attached hydrogens (tertiary/aromatic N) is 4. The molecule has 0 spiro atoms. The summed E-state index contributed by atoms with van der Waals surface area (Å²) in [5, 5.41) is 0. The first-order valence-corrected chi connectivity index (χ1v) is 19.7. The van der Waals surface area contributed by atoms with E-state index in [1.54, 1.807) is 0 Å². The topological polar surface area (TPSA) is 86.8 Å². The Morgan fingerprint density at radius 2 is 0.481 bits per heavy atom. The number of benzene rings is 2. The molecule has 14 heteroatoms. The Bertz CT molecular complexity index is 1090. The minimum Gasteiger partial charge on any atom is -0.378 e. The quantitative estimate of drug-likeness (QED) is 0.396. The van der Waals surface area contributed by atoms with Gasteiger partial charge in [-0.25, -0.2) is 8.78 Å². The van der Waals surface area contributed by atoms with Gasteiger partial charge in [0, 0.05) is 101 Å². The van der Waals surface area contributed by atoms with Gasteiger partial charge in [-0.3, -0.25) is 19.6 Å². The fraction of sp³-hybridized carbons (Fsp3) is 0.700. The summed E-state index contributed by atoms with van der Waals surface area (Å²) in [6, 6.07) is 11.3. The molecule has 2 aromatic rings. The predicted molar refractivity (Wildman–Crippen MR) is 200 cm³/mol. The lowest BCUT2D eigenvalue weighted by Gasteiger charge is -2.26. The van der Waals surface area contributed by atoms with Crippen LogP contribution in [0.25, 0.3) is 0 Å². The molecule has 8 rings (SSSR count). The van der Waals surface area contributed by atoms with Crippen molar-refractivity contribution in [3.63, 3.8) is 0 Å². The second-order valence-electron chi connectivity index (χ2n) is 13.8. The summed E-state index contributed by atoms with van der Waals surface area (Å²) >= 11 is 0. The van der Waals surface area contributed by atoms with Crippen molar-refractivity contribution in [2.75, 3.05) is 158 Å². The Hall–Kier alpha value is -2.18. The molecule has 2 fully saturated rings. The highest BCUT2D eigenvalue weighted by Crippen LogP contribution is 2.19. The largest absolute Gasteiger partial charge is 0.378 e. The summed E-state index contributed by atoms with van der Waals surface area (Å²) in [5.41, 5.74) is 2.55. The van der Waals surface area contributed by atoms with E-state index in [0.717, 1.165) is 0 Å². The van der Waals surface area contributed by atoms with Gasteiger partial charge in [0.2, 0.25) is 0 Å². The molecule has 304 valence electrons. The summed E-state index contributed by atoms with van der Waals surface area (Å²) < 4.78 is 79.8. The van der Waals surface area contributed by atoms with Crippen LogP contribution in [0.5, 0.6) is 0 Å². The van der Waals surface area contributed by atoms with Gasteiger partial charge in [-0.2, -0.15) is 0 Å². The first-order chi connectivity index (χ1) is 26.7. The van der Waals surface area contributed by atoms with E-state index in [-0.39, 0.29) is 11.6 Å². The molecule has 2 aromatic carbocycles. The molecule has 0 aliphatic carbocycles. The molecule has 0 atom stereocenters. The van der Waals surface area contributed by atoms with E-state index in [4.69, 9.17) is 37.9 Å². The average Bonchev–Trinajstić information content (AvgIpc) is 3.16. The SMILES string of the molecule is Fc1c2cccc1CN1CCOCCOCCN(CCOCCOCC1)Cc1cccc(c1F)CN1CCOCCOCCN(CCOCCOCC1)C2. The maximum Gasteiger partial charge on any atom is 0.132 e. The molecule has 2 saturated heterocycles. The first kappa shape index (κ1) is 43.0. The third kappa shape index (κ3) is 16.1. The van der Waals surface area contributed by atoms with E-state index >= 15 is 8.78 Å². The lowest BCUT2D eigenvalue weighted by molar-refractivity contribution is 0.00542. The molecule has 6 aliphatic rings. The van der Waals surface area contributed by atoms with Gasteiger partial charge in [0.25, 0.3) is 0 Å². The summed E-state index contributed by atoms with van der Waals surface area (Å²) in [6.45, 7) is 14.1. The number of rotatable bonds is 0. The van der Waals surface area contributed by atoms with Crippen molar-refractivity contribution in [3.05, 3.63) is 70.3 Å². The molecule has 0 N–H and O–H groups in total. The van der Waals surface area contributed by atoms with E-state index in [1.807, 2.05) is 36.4 Å². The van der Waals surface area contributed by atoms with Crippen molar-refractivity contribution >= 4 is 0 Å². The van der Waals surface area contributed by atoms with Gasteiger partial charge in [0.05, 0.1) is 106 Å². The molecule has 0 radical (unpaired) electrons. The second-order valence-corrected chi connectivity index (χ2v) is 13.8. The van der Waals surface area contributed by atoms with Gasteiger partial charge in [-0.1, -0.05) is 36.4 Å². The summed E-state index contributed by atoms with van der Waals surface area (Å²) in [6.07, 6.45) is 0. The molecule has 8 bridgehead atoms. The van der Waals surface area contributed by atoms with E-state index in [0.29, 0.717) is 207 Å². The number of hydrogen-bond acceptors (Lipinski definition) is 12. The Morgan fingerprint density at radius 1 is 0.296 bits per heavy atom. The number of halogens is 2. The smallest absolute Gasteiger partial charge is 0.132 e. The van der Waals surface area contributed by atoms with Gasteiger partial charge < -0.3 is 37.9 Å². The summed E-state index contributed by atoms with van der Waals surface area (Å²) in [7, 11) is 0. The fourth-order valence-corrected chi connectivity index (χ4v) is 6.63. The molecule has 54 heavy (non-hydrogen) atoms. The van der Waals surface area contributed by atoms with Crippen molar-refractivity contribution in [1.29, 1.82) is 0 Å². The summed E-state index contributed by atoms with van der Waals surface area (Å²) in [5.74, 6) is -0.386. The van der Waals surface area contributed by atoms with Crippen molar-refractivity contribution in [3.8, 4) is 0 Å². The van der Waals surface area contributed by atoms with E-state index in [1.165, 1.54) is 0 Å². The van der Waals surface area contributed by atoms with Gasteiger partial charge in [-0.05, 0) is 0 Å². The van der Waals surface area contributed by atoms with E-state index in [2.05, 4.69) is 19.6 Å². The Labute approximate surface area is 320 Å². The Morgan fingerprint density at radius 3 is 0.667 bits per heavy atom. The molecular formula is C40H62F2N4O8. The van der Waals surface area contributed by atoms with Gasteiger partial charge >= 0.3 is 0 Å². The van der Waals surface area contributed by atoms with Crippen molar-refractivity contribution < 1.29 is 46.7 Å². The third-order valence-electron chi connectivity index (χ3n) is 9.80. The van der Waals surface area contributed by atoms with Gasteiger partial charge in [-0.15, -0.1) is 0 Å². The van der Waals surface area contributed by atoms with Crippen LogP contribution in [0.2, 0.25) is 0 Å². The second kappa shape index (κ2) is 25.9. The zero-order chi connectivity index (χ0) is 37.5. The predicted octanol–water partition coefficient (Wildman–Crippen LogP) is 3.05. The van der Waals surface area contributed by atoms with Crippen LogP contribution in [0.3, 0.4) is 0 Å². The van der Waals surface area contributed by atoms with Crippen molar-refractivity contribution in [2.45, 2.75) is 26.2 Å². The van der Waals surface area contributed by atoms with Crippen LogP contribution in [0, 0.1) is 11.6 Å². The standard InChI is InChI=1S/C40H62F2N4O8/c41-39-35-3-1-4-36(39)32-44-9-17-49-25-29-53-21-13-46(14-22-54-30-26-50-18-10-44)34-38-6-2-5-37(40(38)42)33-45-11-19-51-27-23-47-15-7-43(31-35)8-16-48-24-28-52-20-12-45/h1-6H,7-34H2. The minimum atomic E-state index is -0.193. The maximum atomic E-state index is 16.1. The highest BCUT2D eigenvalue weighted by Gasteiger charge is 2.18. The van der Waals surface area contributed by atoms with Crippen LogP contribution in [0.1, 0.15) is 22.3 Å². The van der Waals surface area contributed by atoms with E-state index in [9.17, 15) is 0 Å². The molecular weight excluding hydrogens is 702 g/mol. The normalized spacial score (nSPS) is 27.0. The monoisotopic (exact) mass is 764 g/mol. The van der Waals surface area contributed by atoms with Crippen LogP contribution in [0.4, 0.5) is 8.78 Å². The van der Waals surface area contributed by atoms with Crippen LogP contribution >= 0.6 is 0 Å². The van der Waals surface area contributed by atoms with Gasteiger partial charge in [0.1, 0.15) is 11.6 Å². The highest BCUT2D eigenvalue weighted by molar-refractivity contribution is 5.27. The molecule has 6 heterocycles. The van der Waals surface area contributed by atoms with Crippen LogP contribution in [0.15, 0.2) is 36.4 Å². The molecule has 6 aliphatic heterocycles. The molecule has 12 nitrogen and oxygen atoms in total. The van der Waals surface area contributed by atoms with Crippen molar-refractivity contribution in [1.82, 2.24) is 19.6 Å². The maximum absolute atomic E-state index is 16.1. The molecule has 0 amide bonds. The van der Waals surface area contributed by atoms with Crippen LogP contribution < -0.4 is 0 Å². The lowest BCUT2D eigenvalue weighted by atomic mass is 10.1. The fourth-order valence-electron chi connectivity index (χ4n) is 6.63.